The number of aromatic amines is 1. The SMILES string of the molecule is C[C@@H](Sc1ncc[nH]1)c1nnc(-c2ccc(Cl)cc2Cl)o1. The molecule has 0 radical (unpaired) electrons. The van der Waals surface area contributed by atoms with E-state index in [0.717, 1.165) is 5.16 Å². The van der Waals surface area contributed by atoms with Crippen molar-refractivity contribution in [1.29, 1.82) is 0 Å². The third kappa shape index (κ3) is 3.23. The van der Waals surface area contributed by atoms with Gasteiger partial charge in [-0.1, -0.05) is 35.0 Å². The molecule has 0 aliphatic heterocycles. The fourth-order valence-corrected chi connectivity index (χ4v) is 2.98. The highest BCUT2D eigenvalue weighted by atomic mass is 35.5. The minimum Gasteiger partial charge on any atom is -0.419 e. The van der Waals surface area contributed by atoms with Crippen molar-refractivity contribution in [3.8, 4) is 11.5 Å². The first kappa shape index (κ1) is 14.4. The summed E-state index contributed by atoms with van der Waals surface area (Å²) in [6, 6.07) is 5.13. The largest absolute Gasteiger partial charge is 0.419 e. The molecule has 0 bridgehead atoms. The Morgan fingerprint density at radius 2 is 2.14 bits per heavy atom. The molecule has 21 heavy (non-hydrogen) atoms. The molecule has 0 aliphatic rings. The van der Waals surface area contributed by atoms with E-state index in [-0.39, 0.29) is 5.25 Å². The molecular formula is C13H10Cl2N4OS. The van der Waals surface area contributed by atoms with E-state index in [0.29, 0.717) is 27.4 Å². The number of hydrogen-bond acceptors (Lipinski definition) is 5. The lowest BCUT2D eigenvalue weighted by molar-refractivity contribution is 0.509. The van der Waals surface area contributed by atoms with Gasteiger partial charge < -0.3 is 9.40 Å². The number of aromatic nitrogens is 4. The predicted molar refractivity (Wildman–Crippen MR) is 82.6 cm³/mol. The minimum atomic E-state index is -0.0246. The third-order valence-electron chi connectivity index (χ3n) is 2.71. The number of nitrogens with one attached hydrogen (secondary N) is 1. The number of H-pyrrole nitrogens is 1. The normalized spacial score (nSPS) is 12.5. The lowest BCUT2D eigenvalue weighted by Gasteiger charge is -2.03. The summed E-state index contributed by atoms with van der Waals surface area (Å²) in [6.07, 6.45) is 3.46. The molecule has 108 valence electrons. The van der Waals surface area contributed by atoms with Gasteiger partial charge in [0.05, 0.1) is 15.8 Å². The van der Waals surface area contributed by atoms with Gasteiger partial charge in [-0.15, -0.1) is 10.2 Å². The molecule has 1 atom stereocenters. The summed E-state index contributed by atoms with van der Waals surface area (Å²) >= 11 is 13.5. The second-order valence-electron chi connectivity index (χ2n) is 4.22. The van der Waals surface area contributed by atoms with Crippen molar-refractivity contribution in [3.63, 3.8) is 0 Å². The zero-order chi connectivity index (χ0) is 14.8. The lowest BCUT2D eigenvalue weighted by Crippen LogP contribution is -1.89. The van der Waals surface area contributed by atoms with Crippen LogP contribution in [-0.4, -0.2) is 20.2 Å². The fourth-order valence-electron chi connectivity index (χ4n) is 1.70. The zero-order valence-electron chi connectivity index (χ0n) is 10.9. The number of rotatable bonds is 4. The highest BCUT2D eigenvalue weighted by molar-refractivity contribution is 7.99. The fraction of sp³-hybridized carbons (Fsp3) is 0.154. The van der Waals surface area contributed by atoms with Crippen molar-refractivity contribution in [2.75, 3.05) is 0 Å². The summed E-state index contributed by atoms with van der Waals surface area (Å²) < 4.78 is 5.69. The molecule has 2 heterocycles. The van der Waals surface area contributed by atoms with Crippen LogP contribution in [-0.2, 0) is 0 Å². The maximum Gasteiger partial charge on any atom is 0.249 e. The van der Waals surface area contributed by atoms with Crippen molar-refractivity contribution in [2.24, 2.45) is 0 Å². The maximum atomic E-state index is 6.14. The highest BCUT2D eigenvalue weighted by Gasteiger charge is 2.18. The Hall–Kier alpha value is -1.50. The number of nitrogens with zero attached hydrogens (tertiary/aromatic N) is 3. The van der Waals surface area contributed by atoms with Crippen molar-refractivity contribution in [1.82, 2.24) is 20.2 Å². The smallest absolute Gasteiger partial charge is 0.249 e. The summed E-state index contributed by atoms with van der Waals surface area (Å²) in [6.45, 7) is 1.97. The molecule has 0 aliphatic carbocycles. The van der Waals surface area contributed by atoms with Crippen molar-refractivity contribution < 1.29 is 4.42 Å². The molecule has 0 fully saturated rings. The van der Waals surface area contributed by atoms with Gasteiger partial charge in [0.25, 0.3) is 0 Å². The average molecular weight is 341 g/mol. The Morgan fingerprint density at radius 1 is 1.29 bits per heavy atom. The standard InChI is InChI=1S/C13H10Cl2N4OS/c1-7(21-13-16-4-5-17-13)11-18-19-12(20-11)9-3-2-8(14)6-10(9)15/h2-7H,1H3,(H,16,17)/t7-/m1/s1. The van der Waals surface area contributed by atoms with E-state index in [1.165, 1.54) is 11.8 Å². The van der Waals surface area contributed by atoms with E-state index >= 15 is 0 Å². The molecule has 1 aromatic carbocycles. The van der Waals surface area contributed by atoms with Crippen LogP contribution in [0.25, 0.3) is 11.5 Å². The summed E-state index contributed by atoms with van der Waals surface area (Å²) in [5.41, 5.74) is 0.662. The molecule has 8 heteroatoms. The molecule has 0 saturated heterocycles. The molecule has 0 unspecified atom stereocenters. The number of halogens is 2. The lowest BCUT2D eigenvalue weighted by atomic mass is 10.2. The van der Waals surface area contributed by atoms with E-state index in [4.69, 9.17) is 27.6 Å². The quantitative estimate of drug-likeness (QED) is 0.701. The van der Waals surface area contributed by atoms with Crippen molar-refractivity contribution in [3.05, 3.63) is 46.5 Å². The van der Waals surface area contributed by atoms with Crippen molar-refractivity contribution in [2.45, 2.75) is 17.3 Å². The summed E-state index contributed by atoms with van der Waals surface area (Å²) in [7, 11) is 0. The van der Waals surface area contributed by atoms with Gasteiger partial charge in [-0.05, 0) is 25.1 Å². The molecule has 3 rings (SSSR count). The molecule has 0 amide bonds. The Labute approximate surface area is 135 Å². The van der Waals surface area contributed by atoms with Crippen LogP contribution in [0.3, 0.4) is 0 Å². The van der Waals surface area contributed by atoms with Gasteiger partial charge in [0.15, 0.2) is 5.16 Å². The average Bonchev–Trinajstić information content (AvgIpc) is 3.09. The Balaban J connectivity index is 1.82. The van der Waals surface area contributed by atoms with Gasteiger partial charge in [-0.25, -0.2) is 4.98 Å². The van der Waals surface area contributed by atoms with Gasteiger partial charge in [-0.2, -0.15) is 0 Å². The molecule has 5 nitrogen and oxygen atoms in total. The first-order valence-electron chi connectivity index (χ1n) is 6.08. The van der Waals surface area contributed by atoms with Crippen molar-refractivity contribution >= 4 is 35.0 Å². The molecule has 2 aromatic heterocycles. The highest BCUT2D eigenvalue weighted by Crippen LogP contribution is 2.35. The second-order valence-corrected chi connectivity index (χ2v) is 6.40. The van der Waals surface area contributed by atoms with E-state index in [2.05, 4.69) is 20.2 Å². The van der Waals surface area contributed by atoms with Gasteiger partial charge in [-0.3, -0.25) is 0 Å². The van der Waals surface area contributed by atoms with E-state index < -0.39 is 0 Å². The first-order valence-corrected chi connectivity index (χ1v) is 7.72. The minimum absolute atomic E-state index is 0.0246. The van der Waals surface area contributed by atoms with Crippen LogP contribution in [0, 0.1) is 0 Å². The third-order valence-corrected chi connectivity index (χ3v) is 4.26. The topological polar surface area (TPSA) is 67.6 Å². The molecule has 3 aromatic rings. The number of hydrogen-bond donors (Lipinski definition) is 1. The summed E-state index contributed by atoms with van der Waals surface area (Å²) in [5, 5.41) is 9.91. The number of imidazole rings is 1. The van der Waals surface area contributed by atoms with Crippen LogP contribution < -0.4 is 0 Å². The van der Waals surface area contributed by atoms with Crippen LogP contribution in [0.5, 0.6) is 0 Å². The molecular weight excluding hydrogens is 331 g/mol. The van der Waals surface area contributed by atoms with Gasteiger partial charge in [0, 0.05) is 17.4 Å². The molecule has 1 N–H and O–H groups in total. The monoisotopic (exact) mass is 340 g/mol. The molecule has 0 spiro atoms. The van der Waals surface area contributed by atoms with Gasteiger partial charge in [0.1, 0.15) is 0 Å². The van der Waals surface area contributed by atoms with Crippen LogP contribution in [0.4, 0.5) is 0 Å². The van der Waals surface area contributed by atoms with E-state index in [9.17, 15) is 0 Å². The number of benzene rings is 1. The van der Waals surface area contributed by atoms with Crippen LogP contribution >= 0.6 is 35.0 Å². The zero-order valence-corrected chi connectivity index (χ0v) is 13.2. The summed E-state index contributed by atoms with van der Waals surface area (Å²) in [4.78, 5) is 7.17. The van der Waals surface area contributed by atoms with E-state index in [1.807, 2.05) is 6.92 Å². The van der Waals surface area contributed by atoms with Gasteiger partial charge >= 0.3 is 0 Å². The Bertz CT molecular complexity index is 744. The van der Waals surface area contributed by atoms with Crippen LogP contribution in [0.15, 0.2) is 40.2 Å². The van der Waals surface area contributed by atoms with Gasteiger partial charge in [0.2, 0.25) is 11.8 Å². The van der Waals surface area contributed by atoms with E-state index in [1.54, 1.807) is 30.6 Å². The van der Waals surface area contributed by atoms with Crippen LogP contribution in [0.2, 0.25) is 10.0 Å². The Morgan fingerprint density at radius 3 is 2.86 bits per heavy atom. The Kier molecular flexibility index (Phi) is 4.19. The maximum absolute atomic E-state index is 6.14. The van der Waals surface area contributed by atoms with Crippen LogP contribution in [0.1, 0.15) is 18.1 Å². The predicted octanol–water partition coefficient (Wildman–Crippen LogP) is 4.62. The first-order chi connectivity index (χ1) is 10.1. The summed E-state index contributed by atoms with van der Waals surface area (Å²) in [5.74, 6) is 0.885. The second kappa shape index (κ2) is 6.09. The number of thioether (sulfide) groups is 1. The molecule has 0 saturated carbocycles.